The topological polar surface area (TPSA) is 156 Å². The molecule has 7 N–H and O–H groups in total. The Morgan fingerprint density at radius 2 is 1.70 bits per heavy atom. The van der Waals surface area contributed by atoms with Gasteiger partial charge >= 0.3 is 0 Å². The van der Waals surface area contributed by atoms with E-state index in [0.29, 0.717) is 5.69 Å². The molecule has 0 saturated heterocycles. The Hall–Kier alpha value is -3.36. The van der Waals surface area contributed by atoms with Crippen LogP contribution in [0.3, 0.4) is 0 Å². The molecule has 27 heavy (non-hydrogen) atoms. The van der Waals surface area contributed by atoms with Gasteiger partial charge in [-0.25, -0.2) is 0 Å². The lowest BCUT2D eigenvalue weighted by molar-refractivity contribution is -0.119. The van der Waals surface area contributed by atoms with E-state index in [4.69, 9.17) is 11.5 Å². The third kappa shape index (κ3) is 4.84. The van der Waals surface area contributed by atoms with Crippen LogP contribution in [0.4, 0.5) is 17.5 Å². The molecule has 0 saturated carbocycles. The minimum Gasteiger partial charge on any atom is -0.368 e. The molecular weight excluding hydrogens is 348 g/mol. The molecule has 0 radical (unpaired) electrons. The summed E-state index contributed by atoms with van der Waals surface area (Å²) in [5.41, 5.74) is 12.3. The molecule has 1 aromatic heterocycles. The standard InChI is InChI=1S/C18H24N6O3/c1-8(2)13(15(20)26)22-18-23-16(12(14(19)25)17(27)24-18)21-11-6-9(3)5-10(4)7-11/h5-8,13H,1-4H3,(H2,19,25)(H2,20,26)(H3,21,22,23,24,27). The van der Waals surface area contributed by atoms with Gasteiger partial charge in [0.05, 0.1) is 0 Å². The van der Waals surface area contributed by atoms with E-state index in [9.17, 15) is 14.4 Å². The van der Waals surface area contributed by atoms with Crippen LogP contribution in [0, 0.1) is 19.8 Å². The zero-order valence-electron chi connectivity index (χ0n) is 15.7. The van der Waals surface area contributed by atoms with Crippen molar-refractivity contribution in [3.8, 4) is 0 Å². The van der Waals surface area contributed by atoms with Crippen LogP contribution in [0.25, 0.3) is 0 Å². The molecule has 1 heterocycles. The van der Waals surface area contributed by atoms with E-state index in [-0.39, 0.29) is 23.2 Å². The Balaban J connectivity index is 2.50. The number of nitrogens with zero attached hydrogens (tertiary/aromatic N) is 1. The number of nitrogens with two attached hydrogens (primary N) is 2. The quantitative estimate of drug-likeness (QED) is 0.491. The second-order valence-electron chi connectivity index (χ2n) is 6.77. The summed E-state index contributed by atoms with van der Waals surface area (Å²) < 4.78 is 0. The SMILES string of the molecule is Cc1cc(C)cc(Nc2nc(NC(C(N)=O)C(C)C)[nH]c(=O)c2C(N)=O)c1. The molecule has 1 unspecified atom stereocenters. The Labute approximate surface area is 156 Å². The van der Waals surface area contributed by atoms with Gasteiger partial charge in [-0.2, -0.15) is 4.98 Å². The molecule has 0 aliphatic heterocycles. The zero-order valence-corrected chi connectivity index (χ0v) is 15.7. The lowest BCUT2D eigenvalue weighted by atomic mass is 10.0. The molecule has 1 atom stereocenters. The third-order valence-electron chi connectivity index (χ3n) is 3.92. The van der Waals surface area contributed by atoms with Crippen LogP contribution >= 0.6 is 0 Å². The molecule has 2 rings (SSSR count). The predicted molar refractivity (Wildman–Crippen MR) is 104 cm³/mol. The fraction of sp³-hybridized carbons (Fsp3) is 0.333. The summed E-state index contributed by atoms with van der Waals surface area (Å²) >= 11 is 0. The number of aryl methyl sites for hydroxylation is 2. The second-order valence-corrected chi connectivity index (χ2v) is 6.77. The van der Waals surface area contributed by atoms with E-state index in [1.54, 1.807) is 13.8 Å². The first kappa shape index (κ1) is 20.0. The van der Waals surface area contributed by atoms with Crippen molar-refractivity contribution in [2.75, 3.05) is 10.6 Å². The third-order valence-corrected chi connectivity index (χ3v) is 3.92. The summed E-state index contributed by atoms with van der Waals surface area (Å²) in [6.45, 7) is 7.44. The molecule has 144 valence electrons. The highest BCUT2D eigenvalue weighted by atomic mass is 16.2. The summed E-state index contributed by atoms with van der Waals surface area (Å²) in [6.07, 6.45) is 0. The van der Waals surface area contributed by atoms with Gasteiger partial charge in [0, 0.05) is 5.69 Å². The van der Waals surface area contributed by atoms with Gasteiger partial charge < -0.3 is 22.1 Å². The van der Waals surface area contributed by atoms with Crippen molar-refractivity contribution in [2.24, 2.45) is 17.4 Å². The van der Waals surface area contributed by atoms with E-state index in [0.717, 1.165) is 11.1 Å². The number of carbonyl (C=O) groups is 2. The highest BCUT2D eigenvalue weighted by Crippen LogP contribution is 2.21. The number of hydrogen-bond donors (Lipinski definition) is 5. The Morgan fingerprint density at radius 3 is 2.19 bits per heavy atom. The number of carbonyl (C=O) groups excluding carboxylic acids is 2. The number of benzene rings is 1. The van der Waals surface area contributed by atoms with Gasteiger partial charge in [-0.05, 0) is 43.0 Å². The zero-order chi connectivity index (χ0) is 20.3. The van der Waals surface area contributed by atoms with Crippen LogP contribution in [-0.4, -0.2) is 27.8 Å². The van der Waals surface area contributed by atoms with Crippen LogP contribution < -0.4 is 27.7 Å². The minimum absolute atomic E-state index is 0.00859. The van der Waals surface area contributed by atoms with Crippen molar-refractivity contribution in [1.29, 1.82) is 0 Å². The van der Waals surface area contributed by atoms with Crippen molar-refractivity contribution in [3.05, 3.63) is 45.2 Å². The molecule has 2 amide bonds. The maximum Gasteiger partial charge on any atom is 0.267 e. The summed E-state index contributed by atoms with van der Waals surface area (Å²) in [4.78, 5) is 42.4. The fourth-order valence-corrected chi connectivity index (χ4v) is 2.76. The number of amides is 2. The number of nitrogens with one attached hydrogen (secondary N) is 3. The van der Waals surface area contributed by atoms with Gasteiger partial charge in [0.1, 0.15) is 11.6 Å². The van der Waals surface area contributed by atoms with Gasteiger partial charge in [0.2, 0.25) is 11.9 Å². The van der Waals surface area contributed by atoms with Gasteiger partial charge in [-0.3, -0.25) is 19.4 Å². The highest BCUT2D eigenvalue weighted by molar-refractivity contribution is 5.98. The Kier molecular flexibility index (Phi) is 5.84. The van der Waals surface area contributed by atoms with Crippen LogP contribution in [-0.2, 0) is 4.79 Å². The molecule has 0 aliphatic carbocycles. The van der Waals surface area contributed by atoms with Crippen molar-refractivity contribution in [2.45, 2.75) is 33.7 Å². The predicted octanol–water partition coefficient (Wildman–Crippen LogP) is 1.15. The summed E-state index contributed by atoms with van der Waals surface area (Å²) in [6, 6.07) is 4.92. The van der Waals surface area contributed by atoms with E-state index in [1.807, 2.05) is 32.0 Å². The first-order valence-electron chi connectivity index (χ1n) is 8.43. The Bertz CT molecular complexity index is 915. The maximum absolute atomic E-state index is 12.4. The molecule has 2 aromatic rings. The van der Waals surface area contributed by atoms with E-state index in [2.05, 4.69) is 20.6 Å². The van der Waals surface area contributed by atoms with Gasteiger partial charge in [-0.15, -0.1) is 0 Å². The first-order valence-corrected chi connectivity index (χ1v) is 8.43. The smallest absolute Gasteiger partial charge is 0.267 e. The van der Waals surface area contributed by atoms with E-state index >= 15 is 0 Å². The number of anilines is 3. The number of hydrogen-bond acceptors (Lipinski definition) is 6. The normalized spacial score (nSPS) is 11.9. The summed E-state index contributed by atoms with van der Waals surface area (Å²) in [7, 11) is 0. The van der Waals surface area contributed by atoms with Crippen molar-refractivity contribution in [1.82, 2.24) is 9.97 Å². The molecule has 0 aliphatic rings. The lowest BCUT2D eigenvalue weighted by Gasteiger charge is -2.20. The first-order chi connectivity index (χ1) is 12.6. The molecule has 0 bridgehead atoms. The van der Waals surface area contributed by atoms with Gasteiger partial charge in [0.25, 0.3) is 11.5 Å². The molecule has 9 heteroatoms. The van der Waals surface area contributed by atoms with E-state index in [1.165, 1.54) is 0 Å². The van der Waals surface area contributed by atoms with E-state index < -0.39 is 23.4 Å². The van der Waals surface area contributed by atoms with Crippen LogP contribution in [0.1, 0.15) is 35.3 Å². The number of aromatic nitrogens is 2. The van der Waals surface area contributed by atoms with Crippen molar-refractivity contribution >= 4 is 29.3 Å². The largest absolute Gasteiger partial charge is 0.368 e. The van der Waals surface area contributed by atoms with Crippen LogP contribution in [0.2, 0.25) is 0 Å². The molecule has 9 nitrogen and oxygen atoms in total. The number of primary amides is 2. The second kappa shape index (κ2) is 7.90. The molecular formula is C18H24N6O3. The molecule has 1 aromatic carbocycles. The number of rotatable bonds is 7. The van der Waals surface area contributed by atoms with Crippen LogP contribution in [0.5, 0.6) is 0 Å². The van der Waals surface area contributed by atoms with Crippen LogP contribution in [0.15, 0.2) is 23.0 Å². The maximum atomic E-state index is 12.4. The van der Waals surface area contributed by atoms with Crippen molar-refractivity contribution in [3.63, 3.8) is 0 Å². The highest BCUT2D eigenvalue weighted by Gasteiger charge is 2.22. The Morgan fingerprint density at radius 1 is 1.11 bits per heavy atom. The molecule has 0 fully saturated rings. The average Bonchev–Trinajstić information content (AvgIpc) is 2.50. The number of aromatic amines is 1. The average molecular weight is 372 g/mol. The monoisotopic (exact) mass is 372 g/mol. The van der Waals surface area contributed by atoms with Gasteiger partial charge in [0.15, 0.2) is 5.82 Å². The fourth-order valence-electron chi connectivity index (χ4n) is 2.76. The molecule has 0 spiro atoms. The minimum atomic E-state index is -0.919. The summed E-state index contributed by atoms with van der Waals surface area (Å²) in [5, 5.41) is 5.76. The van der Waals surface area contributed by atoms with Crippen molar-refractivity contribution < 1.29 is 9.59 Å². The van der Waals surface area contributed by atoms with Gasteiger partial charge in [-0.1, -0.05) is 19.9 Å². The lowest BCUT2D eigenvalue weighted by Crippen LogP contribution is -2.40. The summed E-state index contributed by atoms with van der Waals surface area (Å²) in [5.74, 6) is -1.65. The number of H-pyrrole nitrogens is 1.